The van der Waals surface area contributed by atoms with E-state index in [-0.39, 0.29) is 11.6 Å². The molecule has 0 N–H and O–H groups in total. The van der Waals surface area contributed by atoms with Crippen molar-refractivity contribution in [2.75, 3.05) is 11.4 Å². The van der Waals surface area contributed by atoms with Crippen LogP contribution in [0.3, 0.4) is 0 Å². The van der Waals surface area contributed by atoms with E-state index in [0.717, 1.165) is 16.3 Å². The topological polar surface area (TPSA) is 76.3 Å². The summed E-state index contributed by atoms with van der Waals surface area (Å²) in [6, 6.07) is 4.60. The predicted octanol–water partition coefficient (Wildman–Crippen LogP) is 2.56. The number of hydrogen-bond donors (Lipinski definition) is 0. The van der Waals surface area contributed by atoms with Gasteiger partial charge in [0.2, 0.25) is 0 Å². The summed E-state index contributed by atoms with van der Waals surface area (Å²) in [6.45, 7) is 2.38. The third-order valence-electron chi connectivity index (χ3n) is 3.25. The van der Waals surface area contributed by atoms with Crippen molar-refractivity contribution in [1.82, 2.24) is 4.98 Å². The predicted molar refractivity (Wildman–Crippen MR) is 75.3 cm³/mol. The molecule has 0 saturated carbocycles. The molecule has 0 atom stereocenters. The number of hydrogen-bond acceptors (Lipinski definition) is 5. The molecule has 20 heavy (non-hydrogen) atoms. The maximum Gasteiger partial charge on any atom is 0.277 e. The molecule has 1 aliphatic rings. The van der Waals surface area contributed by atoms with Crippen LogP contribution in [0.2, 0.25) is 0 Å². The van der Waals surface area contributed by atoms with Crippen LogP contribution in [-0.2, 0) is 6.42 Å². The Hall–Kier alpha value is -2.28. The first-order valence-corrected chi connectivity index (χ1v) is 6.95. The van der Waals surface area contributed by atoms with Crippen molar-refractivity contribution in [2.45, 2.75) is 13.3 Å². The van der Waals surface area contributed by atoms with Crippen molar-refractivity contribution in [2.24, 2.45) is 0 Å². The number of aryl methyl sites for hydroxylation is 1. The molecular weight excluding hydrogens is 278 g/mol. The summed E-state index contributed by atoms with van der Waals surface area (Å²) in [5.74, 6) is -0.151. The van der Waals surface area contributed by atoms with Gasteiger partial charge in [-0.1, -0.05) is 0 Å². The fraction of sp³-hybridized carbons (Fsp3) is 0.231. The average molecular weight is 289 g/mol. The van der Waals surface area contributed by atoms with Gasteiger partial charge in [-0.05, 0) is 25.0 Å². The molecule has 2 heterocycles. The van der Waals surface area contributed by atoms with Crippen LogP contribution in [-0.4, -0.2) is 22.4 Å². The van der Waals surface area contributed by atoms with Crippen molar-refractivity contribution in [3.8, 4) is 0 Å². The Morgan fingerprint density at radius 1 is 1.50 bits per heavy atom. The number of fused-ring (bicyclic) bond motifs is 1. The van der Waals surface area contributed by atoms with Gasteiger partial charge in [0.15, 0.2) is 0 Å². The number of nitrogens with zero attached hydrogens (tertiary/aromatic N) is 3. The number of non-ortho nitro benzene ring substituents is 1. The molecule has 1 amide bonds. The highest BCUT2D eigenvalue weighted by Gasteiger charge is 2.28. The Kier molecular flexibility index (Phi) is 2.98. The van der Waals surface area contributed by atoms with E-state index in [1.54, 1.807) is 16.3 Å². The summed E-state index contributed by atoms with van der Waals surface area (Å²) < 4.78 is 0. The zero-order valence-corrected chi connectivity index (χ0v) is 11.5. The molecule has 102 valence electrons. The first kappa shape index (κ1) is 12.7. The lowest BCUT2D eigenvalue weighted by Crippen LogP contribution is -2.29. The minimum Gasteiger partial charge on any atom is -0.306 e. The van der Waals surface area contributed by atoms with Crippen LogP contribution in [0, 0.1) is 17.0 Å². The number of amides is 1. The largest absolute Gasteiger partial charge is 0.306 e. The molecule has 0 bridgehead atoms. The second kappa shape index (κ2) is 4.68. The molecule has 1 aromatic heterocycles. The van der Waals surface area contributed by atoms with Crippen LogP contribution in [0.15, 0.2) is 23.6 Å². The van der Waals surface area contributed by atoms with Gasteiger partial charge >= 0.3 is 0 Å². The number of anilines is 1. The number of rotatable bonds is 2. The number of nitro benzene ring substituents is 1. The molecule has 3 rings (SSSR count). The molecular formula is C13H11N3O3S. The van der Waals surface area contributed by atoms with Gasteiger partial charge in [-0.15, -0.1) is 11.3 Å². The van der Waals surface area contributed by atoms with E-state index in [2.05, 4.69) is 4.98 Å². The summed E-state index contributed by atoms with van der Waals surface area (Å²) in [5, 5.41) is 13.3. The molecule has 2 aromatic rings. The van der Waals surface area contributed by atoms with E-state index in [4.69, 9.17) is 0 Å². The van der Waals surface area contributed by atoms with Crippen LogP contribution in [0.25, 0.3) is 0 Å². The lowest BCUT2D eigenvalue weighted by molar-refractivity contribution is -0.384. The molecule has 0 aliphatic carbocycles. The highest BCUT2D eigenvalue weighted by atomic mass is 32.1. The van der Waals surface area contributed by atoms with E-state index in [0.29, 0.717) is 18.7 Å². The smallest absolute Gasteiger partial charge is 0.277 e. The molecule has 6 nitrogen and oxygen atoms in total. The minimum atomic E-state index is -0.422. The van der Waals surface area contributed by atoms with Gasteiger partial charge in [0.1, 0.15) is 5.69 Å². The maximum absolute atomic E-state index is 12.4. The molecule has 0 saturated heterocycles. The lowest BCUT2D eigenvalue weighted by atomic mass is 10.1. The summed E-state index contributed by atoms with van der Waals surface area (Å²) in [4.78, 5) is 28.5. The molecule has 0 spiro atoms. The van der Waals surface area contributed by atoms with Gasteiger partial charge in [0, 0.05) is 29.7 Å². The van der Waals surface area contributed by atoms with Gasteiger partial charge in [-0.3, -0.25) is 14.9 Å². The standard InChI is InChI=1S/C13H11N3O3S/c1-8-14-11(7-20-8)13(17)15-5-4-9-6-10(16(18)19)2-3-12(9)15/h2-3,6-7H,4-5H2,1H3. The Morgan fingerprint density at radius 3 is 2.95 bits per heavy atom. The molecule has 0 fully saturated rings. The number of carbonyl (C=O) groups excluding carboxylic acids is 1. The van der Waals surface area contributed by atoms with E-state index in [9.17, 15) is 14.9 Å². The molecule has 1 aliphatic heterocycles. The Morgan fingerprint density at radius 2 is 2.30 bits per heavy atom. The third kappa shape index (κ3) is 2.05. The van der Waals surface area contributed by atoms with Crippen LogP contribution < -0.4 is 4.90 Å². The van der Waals surface area contributed by atoms with Crippen molar-refractivity contribution >= 4 is 28.6 Å². The van der Waals surface area contributed by atoms with E-state index >= 15 is 0 Å². The van der Waals surface area contributed by atoms with Crippen LogP contribution in [0.1, 0.15) is 21.1 Å². The molecule has 7 heteroatoms. The summed E-state index contributed by atoms with van der Waals surface area (Å²) in [5.41, 5.74) is 2.06. The van der Waals surface area contributed by atoms with Gasteiger partial charge < -0.3 is 4.90 Å². The quantitative estimate of drug-likeness (QED) is 0.629. The fourth-order valence-electron chi connectivity index (χ4n) is 2.31. The zero-order valence-electron chi connectivity index (χ0n) is 10.7. The fourth-order valence-corrected chi connectivity index (χ4v) is 2.90. The second-order valence-corrected chi connectivity index (χ2v) is 5.59. The molecule has 0 radical (unpaired) electrons. The van der Waals surface area contributed by atoms with Gasteiger partial charge in [0.25, 0.3) is 11.6 Å². The Bertz CT molecular complexity index is 711. The minimum absolute atomic E-state index is 0.0579. The Labute approximate surface area is 118 Å². The highest BCUT2D eigenvalue weighted by molar-refractivity contribution is 7.09. The van der Waals surface area contributed by atoms with E-state index in [1.165, 1.54) is 23.5 Å². The van der Waals surface area contributed by atoms with Crippen LogP contribution in [0.5, 0.6) is 0 Å². The van der Waals surface area contributed by atoms with Crippen LogP contribution in [0.4, 0.5) is 11.4 Å². The van der Waals surface area contributed by atoms with Crippen molar-refractivity contribution < 1.29 is 9.72 Å². The monoisotopic (exact) mass is 289 g/mol. The second-order valence-electron chi connectivity index (χ2n) is 4.53. The molecule has 0 unspecified atom stereocenters. The zero-order chi connectivity index (χ0) is 14.3. The molecule has 1 aromatic carbocycles. The number of thiazole rings is 1. The number of aromatic nitrogens is 1. The summed E-state index contributed by atoms with van der Waals surface area (Å²) >= 11 is 1.43. The first-order valence-electron chi connectivity index (χ1n) is 6.07. The van der Waals surface area contributed by atoms with Gasteiger partial charge in [-0.2, -0.15) is 0 Å². The lowest BCUT2D eigenvalue weighted by Gasteiger charge is -2.15. The van der Waals surface area contributed by atoms with E-state index < -0.39 is 4.92 Å². The summed E-state index contributed by atoms with van der Waals surface area (Å²) in [6.07, 6.45) is 0.631. The van der Waals surface area contributed by atoms with Crippen LogP contribution >= 0.6 is 11.3 Å². The number of nitro groups is 1. The van der Waals surface area contributed by atoms with Crippen molar-refractivity contribution in [3.05, 3.63) is 50.0 Å². The van der Waals surface area contributed by atoms with Crippen molar-refractivity contribution in [3.63, 3.8) is 0 Å². The van der Waals surface area contributed by atoms with E-state index in [1.807, 2.05) is 6.92 Å². The first-order chi connectivity index (χ1) is 9.56. The maximum atomic E-state index is 12.4. The average Bonchev–Trinajstić information content (AvgIpc) is 3.03. The van der Waals surface area contributed by atoms with Crippen molar-refractivity contribution in [1.29, 1.82) is 0 Å². The van der Waals surface area contributed by atoms with Gasteiger partial charge in [-0.25, -0.2) is 4.98 Å². The normalized spacial score (nSPS) is 13.3. The number of carbonyl (C=O) groups is 1. The highest BCUT2D eigenvalue weighted by Crippen LogP contribution is 2.32. The Balaban J connectivity index is 1.93. The summed E-state index contributed by atoms with van der Waals surface area (Å²) in [7, 11) is 0. The third-order valence-corrected chi connectivity index (χ3v) is 4.03. The number of benzene rings is 1. The van der Waals surface area contributed by atoms with Gasteiger partial charge in [0.05, 0.1) is 9.93 Å². The SMILES string of the molecule is Cc1nc(C(=O)N2CCc3cc([N+](=O)[O-])ccc32)cs1.